The van der Waals surface area contributed by atoms with Gasteiger partial charge in [-0.2, -0.15) is 4.57 Å². The molecule has 3 heterocycles. The summed E-state index contributed by atoms with van der Waals surface area (Å²) in [5.74, 6) is 1.55. The molecule has 0 bridgehead atoms. The zero-order chi connectivity index (χ0) is 33.6. The van der Waals surface area contributed by atoms with Gasteiger partial charge in [-0.3, -0.25) is 0 Å². The molecule has 0 amide bonds. The summed E-state index contributed by atoms with van der Waals surface area (Å²) in [5, 5.41) is 4.60. The highest BCUT2D eigenvalue weighted by atomic mass is 16.3. The predicted octanol–water partition coefficient (Wildman–Crippen LogP) is 12.1. The molecular weight excluding hydrogens is 601 g/mol. The van der Waals surface area contributed by atoms with Gasteiger partial charge in [0.1, 0.15) is 28.0 Å². The first-order chi connectivity index (χ1) is 23.8. The van der Waals surface area contributed by atoms with E-state index in [1.807, 2.05) is 6.07 Å². The second-order valence-corrected chi connectivity index (χ2v) is 14.0. The molecule has 6 aromatic carbocycles. The number of benzene rings is 6. The second kappa shape index (κ2) is 11.0. The van der Waals surface area contributed by atoms with E-state index in [0.29, 0.717) is 0 Å². The topological polar surface area (TPSA) is 35.1 Å². The molecule has 0 aliphatic rings. The van der Waals surface area contributed by atoms with Crippen molar-refractivity contribution < 1.29 is 13.4 Å². The molecule has 49 heavy (non-hydrogen) atoms. The monoisotopic (exact) mass is 639 g/mol. The van der Waals surface area contributed by atoms with Crippen molar-refractivity contribution in [1.82, 2.24) is 4.57 Å². The van der Waals surface area contributed by atoms with Crippen LogP contribution in [0, 0.1) is 6.92 Å². The van der Waals surface area contributed by atoms with Gasteiger partial charge in [-0.25, -0.2) is 4.57 Å². The summed E-state index contributed by atoms with van der Waals surface area (Å²) in [5.41, 5.74) is 14.3. The minimum Gasteiger partial charge on any atom is -0.455 e. The second-order valence-electron chi connectivity index (χ2n) is 14.0. The molecular formula is C45H39N2O2+. The van der Waals surface area contributed by atoms with Crippen molar-refractivity contribution in [2.45, 2.75) is 46.5 Å². The number of aryl methyl sites for hydroxylation is 2. The molecule has 0 aliphatic heterocycles. The number of imidazole rings is 1. The van der Waals surface area contributed by atoms with Gasteiger partial charge in [0.2, 0.25) is 0 Å². The number of nitrogens with zero attached hydrogens (tertiary/aromatic N) is 2. The van der Waals surface area contributed by atoms with Crippen LogP contribution >= 0.6 is 0 Å². The summed E-state index contributed by atoms with van der Waals surface area (Å²) in [6.07, 6.45) is 0. The Morgan fingerprint density at radius 1 is 0.633 bits per heavy atom. The maximum absolute atomic E-state index is 6.90. The fraction of sp³-hybridized carbons (Fsp3) is 0.178. The van der Waals surface area contributed by atoms with E-state index in [-0.39, 0.29) is 11.8 Å². The molecule has 0 N–H and O–H groups in total. The van der Waals surface area contributed by atoms with Crippen molar-refractivity contribution in [2.75, 3.05) is 0 Å². The summed E-state index contributed by atoms with van der Waals surface area (Å²) >= 11 is 0. The van der Waals surface area contributed by atoms with Crippen LogP contribution in [0.15, 0.2) is 124 Å². The van der Waals surface area contributed by atoms with Crippen LogP contribution in [0.1, 0.15) is 56.2 Å². The van der Waals surface area contributed by atoms with Crippen LogP contribution in [0.5, 0.6) is 0 Å². The molecule has 240 valence electrons. The summed E-state index contributed by atoms with van der Waals surface area (Å²) in [6.45, 7) is 11.4. The van der Waals surface area contributed by atoms with Gasteiger partial charge < -0.3 is 8.83 Å². The SMILES string of the molecule is Cc1ccc2c(oc3ccccc32)c1-c1n(-c2c(C(C)C)cc3oc4c(-c5ccccc5)cccc4c3c2C(C)C)c2ccccc2[n+]1C. The normalized spacial score (nSPS) is 12.2. The molecule has 0 spiro atoms. The molecule has 4 heteroatoms. The Balaban J connectivity index is 1.47. The van der Waals surface area contributed by atoms with Crippen molar-refractivity contribution in [3.63, 3.8) is 0 Å². The Hall–Kier alpha value is -5.61. The van der Waals surface area contributed by atoms with Gasteiger partial charge in [-0.1, -0.05) is 119 Å². The third kappa shape index (κ3) is 4.26. The van der Waals surface area contributed by atoms with Crippen LogP contribution in [0.3, 0.4) is 0 Å². The predicted molar refractivity (Wildman–Crippen MR) is 203 cm³/mol. The Morgan fingerprint density at radius 3 is 2.14 bits per heavy atom. The van der Waals surface area contributed by atoms with Gasteiger partial charge in [0.15, 0.2) is 16.6 Å². The smallest absolute Gasteiger partial charge is 0.299 e. The summed E-state index contributed by atoms with van der Waals surface area (Å²) < 4.78 is 18.5. The lowest BCUT2D eigenvalue weighted by molar-refractivity contribution is -0.633. The molecule has 3 aromatic heterocycles. The number of fused-ring (bicyclic) bond motifs is 7. The van der Waals surface area contributed by atoms with Crippen molar-refractivity contribution in [2.24, 2.45) is 7.05 Å². The molecule has 0 aliphatic carbocycles. The Kier molecular flexibility index (Phi) is 6.61. The highest BCUT2D eigenvalue weighted by Crippen LogP contribution is 2.47. The molecule has 4 nitrogen and oxygen atoms in total. The van der Waals surface area contributed by atoms with E-state index in [4.69, 9.17) is 8.83 Å². The fourth-order valence-corrected chi connectivity index (χ4v) is 8.08. The Bertz CT molecular complexity index is 2740. The van der Waals surface area contributed by atoms with Crippen LogP contribution in [0.25, 0.3) is 83.1 Å². The molecule has 9 aromatic rings. The van der Waals surface area contributed by atoms with Crippen LogP contribution in [-0.4, -0.2) is 4.57 Å². The first-order valence-electron chi connectivity index (χ1n) is 17.3. The largest absolute Gasteiger partial charge is 0.455 e. The highest BCUT2D eigenvalue weighted by molar-refractivity contribution is 6.13. The number of hydrogen-bond donors (Lipinski definition) is 0. The van der Waals surface area contributed by atoms with E-state index < -0.39 is 0 Å². The lowest BCUT2D eigenvalue weighted by Gasteiger charge is -2.20. The minimum atomic E-state index is 0.208. The quantitative estimate of drug-likeness (QED) is 0.176. The van der Waals surface area contributed by atoms with Gasteiger partial charge in [0, 0.05) is 38.2 Å². The van der Waals surface area contributed by atoms with Crippen LogP contribution in [0.4, 0.5) is 0 Å². The third-order valence-corrected chi connectivity index (χ3v) is 10.3. The average molecular weight is 640 g/mol. The van der Waals surface area contributed by atoms with Crippen LogP contribution in [0.2, 0.25) is 0 Å². The minimum absolute atomic E-state index is 0.208. The number of para-hydroxylation sites is 4. The molecule has 0 saturated carbocycles. The molecule has 0 atom stereocenters. The van der Waals surface area contributed by atoms with Crippen molar-refractivity contribution >= 4 is 54.9 Å². The van der Waals surface area contributed by atoms with E-state index in [9.17, 15) is 0 Å². The first kappa shape index (κ1) is 29.5. The average Bonchev–Trinajstić information content (AvgIpc) is 3.77. The van der Waals surface area contributed by atoms with Crippen LogP contribution in [-0.2, 0) is 7.05 Å². The molecule has 0 radical (unpaired) electrons. The molecule has 0 fully saturated rings. The van der Waals surface area contributed by atoms with E-state index in [0.717, 1.165) is 72.0 Å². The van der Waals surface area contributed by atoms with Gasteiger partial charge in [0.25, 0.3) is 5.82 Å². The third-order valence-electron chi connectivity index (χ3n) is 10.3. The van der Waals surface area contributed by atoms with E-state index in [2.05, 4.69) is 160 Å². The summed E-state index contributed by atoms with van der Waals surface area (Å²) in [4.78, 5) is 0. The number of hydrogen-bond acceptors (Lipinski definition) is 2. The summed E-state index contributed by atoms with van der Waals surface area (Å²) in [6, 6.07) is 41.0. The lowest BCUT2D eigenvalue weighted by atomic mass is 9.88. The highest BCUT2D eigenvalue weighted by Gasteiger charge is 2.35. The Morgan fingerprint density at radius 2 is 1.35 bits per heavy atom. The summed E-state index contributed by atoms with van der Waals surface area (Å²) in [7, 11) is 2.19. The fourth-order valence-electron chi connectivity index (χ4n) is 8.08. The maximum Gasteiger partial charge on any atom is 0.299 e. The number of furan rings is 2. The zero-order valence-electron chi connectivity index (χ0n) is 28.8. The zero-order valence-corrected chi connectivity index (χ0v) is 28.8. The maximum atomic E-state index is 6.90. The van der Waals surface area contributed by atoms with Gasteiger partial charge >= 0.3 is 0 Å². The molecule has 0 unspecified atom stereocenters. The van der Waals surface area contributed by atoms with E-state index in [1.165, 1.54) is 27.8 Å². The standard InChI is InChI=1S/C45H39N2O2/c1-26(2)34-25-38-41(33-19-14-18-30(43(33)49-38)29-15-8-7-9-16-29)39(27(3)4)42(34)47-36-21-12-11-20-35(36)46(6)45(47)40-28(5)23-24-32-31-17-10-13-22-37(31)48-44(32)40/h7-27H,1-6H3/q+1. The van der Waals surface area contributed by atoms with Crippen molar-refractivity contribution in [3.05, 3.63) is 132 Å². The van der Waals surface area contributed by atoms with E-state index in [1.54, 1.807) is 0 Å². The van der Waals surface area contributed by atoms with Gasteiger partial charge in [-0.15, -0.1) is 0 Å². The van der Waals surface area contributed by atoms with E-state index >= 15 is 0 Å². The van der Waals surface area contributed by atoms with Gasteiger partial charge in [0.05, 0.1) is 7.05 Å². The first-order valence-corrected chi connectivity index (χ1v) is 17.3. The van der Waals surface area contributed by atoms with Crippen molar-refractivity contribution in [1.29, 1.82) is 0 Å². The lowest BCUT2D eigenvalue weighted by Crippen LogP contribution is -2.30. The van der Waals surface area contributed by atoms with Crippen molar-refractivity contribution in [3.8, 4) is 28.2 Å². The Labute approximate surface area is 285 Å². The molecule has 0 saturated heterocycles. The molecule has 9 rings (SSSR count). The number of aromatic nitrogens is 2. The number of rotatable bonds is 5. The van der Waals surface area contributed by atoms with Gasteiger partial charge in [-0.05, 0) is 54.2 Å². The van der Waals surface area contributed by atoms with Crippen LogP contribution < -0.4 is 4.57 Å².